The summed E-state index contributed by atoms with van der Waals surface area (Å²) in [6.07, 6.45) is 26.4. The Bertz CT molecular complexity index is 611. The molecule has 0 aliphatic heterocycles. The molecule has 6 heteroatoms. The van der Waals surface area contributed by atoms with Gasteiger partial charge in [-0.2, -0.15) is 12.0 Å². The Morgan fingerprint density at radius 2 is 0.868 bits per heavy atom. The number of hydrogen-bond donors (Lipinski definition) is 0. The average molecular weight is 581 g/mol. The molecule has 0 aromatic rings. The van der Waals surface area contributed by atoms with Gasteiger partial charge in [-0.1, -0.05) is 150 Å². The summed E-state index contributed by atoms with van der Waals surface area (Å²) in [7, 11) is -5.68. The number of rotatable bonds is 29. The fourth-order valence-electron chi connectivity index (χ4n) is 5.56. The van der Waals surface area contributed by atoms with Gasteiger partial charge in [-0.3, -0.25) is 0 Å². The van der Waals surface area contributed by atoms with Gasteiger partial charge in [0.15, 0.2) is 0 Å². The zero-order valence-corrected chi connectivity index (χ0v) is 28.2. The van der Waals surface area contributed by atoms with Gasteiger partial charge in [-0.05, 0) is 37.4 Å². The number of hydrogen-bond acceptors (Lipinski definition) is 4. The fraction of sp³-hybridized carbons (Fsp3) is 1.00. The van der Waals surface area contributed by atoms with Crippen LogP contribution in [0.25, 0.3) is 0 Å². The SMILES string of the molecule is CCCCCCCCCCCCCC(C)CS(CC)(CC(C)CCCCCCCCC)OS(=O)(=O)OCC. The van der Waals surface area contributed by atoms with Crippen LogP contribution in [-0.4, -0.2) is 32.3 Å². The topological polar surface area (TPSA) is 52.6 Å². The average Bonchev–Trinajstić information content (AvgIpc) is 2.86. The second-order valence-corrected chi connectivity index (χ2v) is 16.7. The molecule has 0 aromatic heterocycles. The molecule has 0 aliphatic carbocycles. The molecule has 0 bridgehead atoms. The first kappa shape index (κ1) is 38.2. The molecule has 3 unspecified atom stereocenters. The number of unbranched alkanes of at least 4 members (excludes halogenated alkanes) is 16. The maximum atomic E-state index is 12.6. The van der Waals surface area contributed by atoms with Gasteiger partial charge in [-0.25, -0.2) is 4.18 Å². The molecule has 3 atom stereocenters. The quantitative estimate of drug-likeness (QED) is 0.0826. The van der Waals surface area contributed by atoms with Gasteiger partial charge >= 0.3 is 10.4 Å². The van der Waals surface area contributed by atoms with E-state index in [4.69, 9.17) is 7.81 Å². The predicted molar refractivity (Wildman–Crippen MR) is 172 cm³/mol. The molecule has 0 saturated carbocycles. The lowest BCUT2D eigenvalue weighted by molar-refractivity contribution is 0.293. The Kier molecular flexibility index (Phi) is 25.1. The van der Waals surface area contributed by atoms with E-state index < -0.39 is 20.7 Å². The molecule has 0 heterocycles. The summed E-state index contributed by atoms with van der Waals surface area (Å²) < 4.78 is 36.2. The first-order chi connectivity index (χ1) is 18.2. The highest BCUT2D eigenvalue weighted by molar-refractivity contribution is 8.32. The predicted octanol–water partition coefficient (Wildman–Crippen LogP) is 11.1. The van der Waals surface area contributed by atoms with Gasteiger partial charge in [0.25, 0.3) is 0 Å². The van der Waals surface area contributed by atoms with Crippen molar-refractivity contribution in [3.63, 3.8) is 0 Å². The van der Waals surface area contributed by atoms with Gasteiger partial charge in [0.1, 0.15) is 0 Å². The summed E-state index contributed by atoms with van der Waals surface area (Å²) >= 11 is 0. The Morgan fingerprint density at radius 3 is 1.18 bits per heavy atom. The maximum absolute atomic E-state index is 12.6. The van der Waals surface area contributed by atoms with Crippen LogP contribution < -0.4 is 0 Å². The molecular weight excluding hydrogens is 512 g/mol. The standard InChI is InChI=1S/C32H68O4S2/c1-7-11-13-15-17-18-19-20-22-24-26-28-32(6)30-37(10-4,36-38(33,34)35-9-3)29-31(5)27-25-23-21-16-14-12-8-2/h31-32H,7-30H2,1-6H3. The van der Waals surface area contributed by atoms with Crippen LogP contribution in [0.3, 0.4) is 0 Å². The summed E-state index contributed by atoms with van der Waals surface area (Å²) in [5.74, 6) is 3.48. The van der Waals surface area contributed by atoms with Crippen LogP contribution in [0, 0.1) is 11.8 Å². The maximum Gasteiger partial charge on any atom is 0.409 e. The molecule has 232 valence electrons. The van der Waals surface area contributed by atoms with Crippen LogP contribution in [0.15, 0.2) is 0 Å². The summed E-state index contributed by atoms with van der Waals surface area (Å²) in [6, 6.07) is 0. The Hall–Kier alpha value is 0.220. The van der Waals surface area contributed by atoms with E-state index >= 15 is 0 Å². The van der Waals surface area contributed by atoms with Crippen LogP contribution in [0.1, 0.15) is 170 Å². The minimum atomic E-state index is -3.94. The van der Waals surface area contributed by atoms with E-state index in [9.17, 15) is 8.42 Å². The fourth-order valence-corrected chi connectivity index (χ4v) is 11.3. The summed E-state index contributed by atoms with van der Waals surface area (Å²) in [5.41, 5.74) is 0. The van der Waals surface area contributed by atoms with E-state index in [2.05, 4.69) is 34.6 Å². The molecule has 0 fully saturated rings. The third-order valence-corrected chi connectivity index (χ3v) is 13.5. The van der Waals surface area contributed by atoms with E-state index in [0.29, 0.717) is 11.8 Å². The molecule has 0 N–H and O–H groups in total. The lowest BCUT2D eigenvalue weighted by atomic mass is 10.0. The van der Waals surface area contributed by atoms with Crippen molar-refractivity contribution in [2.24, 2.45) is 11.8 Å². The minimum Gasteiger partial charge on any atom is -0.248 e. The molecule has 0 aromatic carbocycles. The van der Waals surface area contributed by atoms with Crippen LogP contribution in [0.4, 0.5) is 0 Å². The zero-order chi connectivity index (χ0) is 28.5. The van der Waals surface area contributed by atoms with Crippen molar-refractivity contribution in [3.05, 3.63) is 0 Å². The molecule has 0 aliphatic rings. The lowest BCUT2D eigenvalue weighted by Gasteiger charge is -2.41. The molecule has 38 heavy (non-hydrogen) atoms. The van der Waals surface area contributed by atoms with Crippen molar-refractivity contribution in [2.45, 2.75) is 170 Å². The first-order valence-electron chi connectivity index (χ1n) is 16.6. The van der Waals surface area contributed by atoms with Crippen molar-refractivity contribution >= 4 is 20.7 Å². The molecule has 4 nitrogen and oxygen atoms in total. The summed E-state index contributed by atoms with van der Waals surface area (Å²) in [6.45, 7) is 13.1. The van der Waals surface area contributed by atoms with Crippen LogP contribution in [0.2, 0.25) is 0 Å². The van der Waals surface area contributed by atoms with Gasteiger partial charge in [0.05, 0.1) is 6.61 Å². The Balaban J connectivity index is 4.59. The summed E-state index contributed by atoms with van der Waals surface area (Å²) in [5, 5.41) is 0. The van der Waals surface area contributed by atoms with Crippen molar-refractivity contribution in [1.29, 1.82) is 0 Å². The van der Waals surface area contributed by atoms with E-state index in [-0.39, 0.29) is 6.61 Å². The summed E-state index contributed by atoms with van der Waals surface area (Å²) in [4.78, 5) is 0. The second kappa shape index (κ2) is 25.0. The molecule has 0 rings (SSSR count). The Labute approximate surface area is 242 Å². The third-order valence-electron chi connectivity index (χ3n) is 7.79. The second-order valence-electron chi connectivity index (χ2n) is 11.9. The van der Waals surface area contributed by atoms with Gasteiger partial charge in [-0.15, -0.1) is 10.3 Å². The zero-order valence-electron chi connectivity index (χ0n) is 26.6. The van der Waals surface area contributed by atoms with E-state index in [1.165, 1.54) is 116 Å². The lowest BCUT2D eigenvalue weighted by Crippen LogP contribution is -2.26. The van der Waals surface area contributed by atoms with Gasteiger partial charge in [0.2, 0.25) is 0 Å². The van der Waals surface area contributed by atoms with Crippen molar-refractivity contribution in [1.82, 2.24) is 0 Å². The van der Waals surface area contributed by atoms with E-state index in [1.807, 2.05) is 0 Å². The minimum absolute atomic E-state index is 0.128. The largest absolute Gasteiger partial charge is 0.409 e. The van der Waals surface area contributed by atoms with Crippen LogP contribution in [0.5, 0.6) is 0 Å². The molecule has 0 spiro atoms. The molecule has 0 saturated heterocycles. The highest BCUT2D eigenvalue weighted by atomic mass is 32.3. The van der Waals surface area contributed by atoms with Crippen LogP contribution >= 0.6 is 10.3 Å². The monoisotopic (exact) mass is 580 g/mol. The van der Waals surface area contributed by atoms with Crippen molar-refractivity contribution in [3.8, 4) is 0 Å². The van der Waals surface area contributed by atoms with Crippen LogP contribution in [-0.2, 0) is 18.2 Å². The van der Waals surface area contributed by atoms with E-state index in [1.54, 1.807) is 6.92 Å². The first-order valence-corrected chi connectivity index (χ1v) is 20.0. The van der Waals surface area contributed by atoms with Crippen molar-refractivity contribution < 1.29 is 16.2 Å². The smallest absolute Gasteiger partial charge is 0.248 e. The van der Waals surface area contributed by atoms with Gasteiger partial charge < -0.3 is 0 Å². The van der Waals surface area contributed by atoms with E-state index in [0.717, 1.165) is 30.1 Å². The Morgan fingerprint density at radius 1 is 0.526 bits per heavy atom. The third kappa shape index (κ3) is 22.0. The highest BCUT2D eigenvalue weighted by Crippen LogP contribution is 2.54. The van der Waals surface area contributed by atoms with Crippen molar-refractivity contribution in [2.75, 3.05) is 23.9 Å². The molecule has 0 amide bonds. The molecule has 0 radical (unpaired) electrons. The highest BCUT2D eigenvalue weighted by Gasteiger charge is 2.33. The van der Waals surface area contributed by atoms with Gasteiger partial charge in [0, 0.05) is 11.5 Å². The normalized spacial score (nSPS) is 16.3. The molecular formula is C32H68O4S2.